The van der Waals surface area contributed by atoms with Crippen LogP contribution in [0.25, 0.3) is 5.69 Å². The summed E-state index contributed by atoms with van der Waals surface area (Å²) in [5.74, 6) is 2.41. The average molecular weight is 397 g/mol. The number of hydrogen-bond donors (Lipinski definition) is 1. The third-order valence-corrected chi connectivity index (χ3v) is 5.16. The zero-order chi connectivity index (χ0) is 19.3. The fourth-order valence-electron chi connectivity index (χ4n) is 2.79. The van der Waals surface area contributed by atoms with Gasteiger partial charge in [-0.3, -0.25) is 9.36 Å². The lowest BCUT2D eigenvalue weighted by molar-refractivity contribution is -0.118. The van der Waals surface area contributed by atoms with Crippen molar-refractivity contribution in [1.29, 1.82) is 0 Å². The number of nitrogens with one attached hydrogen (secondary N) is 1. The van der Waals surface area contributed by atoms with Gasteiger partial charge in [-0.1, -0.05) is 23.9 Å². The number of rotatable bonds is 7. The number of ether oxygens (including phenoxy) is 3. The molecule has 0 aliphatic carbocycles. The van der Waals surface area contributed by atoms with E-state index in [1.807, 2.05) is 53.2 Å². The molecule has 0 unspecified atom stereocenters. The van der Waals surface area contributed by atoms with Gasteiger partial charge in [-0.05, 0) is 29.8 Å². The largest absolute Gasteiger partial charge is 0.497 e. The Morgan fingerprint density at radius 2 is 2.14 bits per heavy atom. The van der Waals surface area contributed by atoms with E-state index in [1.165, 1.54) is 11.8 Å². The summed E-state index contributed by atoms with van der Waals surface area (Å²) in [5.41, 5.74) is 1.89. The van der Waals surface area contributed by atoms with Crippen LogP contribution in [0.4, 0.5) is 0 Å². The highest BCUT2D eigenvalue weighted by Gasteiger charge is 2.14. The van der Waals surface area contributed by atoms with Crippen molar-refractivity contribution in [3.05, 3.63) is 60.4 Å². The second kappa shape index (κ2) is 8.26. The van der Waals surface area contributed by atoms with Gasteiger partial charge in [0.05, 0.1) is 18.6 Å². The topological polar surface area (TPSA) is 74.6 Å². The highest BCUT2D eigenvalue weighted by molar-refractivity contribution is 7.99. The van der Waals surface area contributed by atoms with E-state index in [2.05, 4.69) is 10.3 Å². The fraction of sp³-hybridized carbons (Fsp3) is 0.200. The summed E-state index contributed by atoms with van der Waals surface area (Å²) in [7, 11) is 1.63. The molecule has 0 spiro atoms. The number of benzene rings is 2. The van der Waals surface area contributed by atoms with E-state index in [0.717, 1.165) is 27.9 Å². The smallest absolute Gasteiger partial charge is 0.231 e. The van der Waals surface area contributed by atoms with Gasteiger partial charge < -0.3 is 19.5 Å². The number of hydrogen-bond acceptors (Lipinski definition) is 6. The van der Waals surface area contributed by atoms with Crippen LogP contribution in [-0.2, 0) is 11.3 Å². The maximum absolute atomic E-state index is 12.2. The van der Waals surface area contributed by atoms with Crippen LogP contribution in [0.2, 0.25) is 0 Å². The van der Waals surface area contributed by atoms with Crippen LogP contribution < -0.4 is 19.5 Å². The normalized spacial score (nSPS) is 12.0. The van der Waals surface area contributed by atoms with Gasteiger partial charge >= 0.3 is 0 Å². The number of nitrogens with zero attached hydrogens (tertiary/aromatic N) is 2. The minimum atomic E-state index is -0.0668. The molecule has 7 nitrogen and oxygen atoms in total. The third kappa shape index (κ3) is 4.07. The van der Waals surface area contributed by atoms with Crippen molar-refractivity contribution >= 4 is 17.7 Å². The van der Waals surface area contributed by atoms with E-state index in [-0.39, 0.29) is 18.5 Å². The predicted molar refractivity (Wildman–Crippen MR) is 105 cm³/mol. The number of thioether (sulfide) groups is 1. The van der Waals surface area contributed by atoms with E-state index >= 15 is 0 Å². The molecule has 4 rings (SSSR count). The molecule has 28 heavy (non-hydrogen) atoms. The molecule has 0 saturated carbocycles. The average Bonchev–Trinajstić information content (AvgIpc) is 3.39. The Labute approximate surface area is 166 Å². The standard InChI is InChI=1S/C20H19N3O4S/c1-25-16-4-2-3-15(10-16)23-8-7-21-20(23)28-12-19(24)22-11-14-5-6-17-18(9-14)27-13-26-17/h2-10H,11-13H2,1H3,(H,22,24). The number of fused-ring (bicyclic) bond motifs is 1. The number of carbonyl (C=O) groups excluding carboxylic acids is 1. The summed E-state index contributed by atoms with van der Waals surface area (Å²) in [6, 6.07) is 13.3. The summed E-state index contributed by atoms with van der Waals surface area (Å²) in [6.45, 7) is 0.669. The van der Waals surface area contributed by atoms with E-state index in [0.29, 0.717) is 12.3 Å². The Hall–Kier alpha value is -3.13. The van der Waals surface area contributed by atoms with Crippen LogP contribution in [0, 0.1) is 0 Å². The molecular weight excluding hydrogens is 378 g/mol. The van der Waals surface area contributed by atoms with E-state index < -0.39 is 0 Å². The molecule has 0 saturated heterocycles. The first-order valence-electron chi connectivity index (χ1n) is 8.69. The molecule has 0 atom stereocenters. The highest BCUT2D eigenvalue weighted by atomic mass is 32.2. The van der Waals surface area contributed by atoms with Crippen LogP contribution in [-0.4, -0.2) is 35.1 Å². The number of imidazole rings is 1. The quantitative estimate of drug-likeness (QED) is 0.618. The molecule has 0 radical (unpaired) electrons. The molecule has 1 amide bonds. The molecule has 0 bridgehead atoms. The van der Waals surface area contributed by atoms with Gasteiger partial charge in [0.15, 0.2) is 16.7 Å². The van der Waals surface area contributed by atoms with Crippen molar-refractivity contribution in [3.63, 3.8) is 0 Å². The zero-order valence-electron chi connectivity index (χ0n) is 15.3. The van der Waals surface area contributed by atoms with Gasteiger partial charge in [0, 0.05) is 25.0 Å². The molecule has 144 valence electrons. The van der Waals surface area contributed by atoms with Crippen molar-refractivity contribution in [2.45, 2.75) is 11.7 Å². The van der Waals surface area contributed by atoms with Gasteiger partial charge in [-0.25, -0.2) is 4.98 Å². The van der Waals surface area contributed by atoms with E-state index in [4.69, 9.17) is 14.2 Å². The molecule has 3 aromatic rings. The second-order valence-electron chi connectivity index (χ2n) is 6.03. The second-order valence-corrected chi connectivity index (χ2v) is 6.98. The zero-order valence-corrected chi connectivity index (χ0v) is 16.1. The van der Waals surface area contributed by atoms with E-state index in [1.54, 1.807) is 13.3 Å². The summed E-state index contributed by atoms with van der Waals surface area (Å²) in [6.07, 6.45) is 3.58. The minimum Gasteiger partial charge on any atom is -0.497 e. The Morgan fingerprint density at radius 3 is 3.04 bits per heavy atom. The summed E-state index contributed by atoms with van der Waals surface area (Å²) in [5, 5.41) is 3.66. The van der Waals surface area contributed by atoms with Gasteiger partial charge in [-0.15, -0.1) is 0 Å². The number of carbonyl (C=O) groups is 1. The lowest BCUT2D eigenvalue weighted by Gasteiger charge is -2.09. The van der Waals surface area contributed by atoms with Crippen molar-refractivity contribution in [1.82, 2.24) is 14.9 Å². The Bertz CT molecular complexity index is 989. The molecule has 2 heterocycles. The number of aromatic nitrogens is 2. The van der Waals surface area contributed by atoms with Gasteiger partial charge in [-0.2, -0.15) is 0 Å². The maximum atomic E-state index is 12.2. The highest BCUT2D eigenvalue weighted by Crippen LogP contribution is 2.32. The van der Waals surface area contributed by atoms with Crippen LogP contribution in [0.15, 0.2) is 60.0 Å². The Kier molecular flexibility index (Phi) is 5.38. The first-order valence-corrected chi connectivity index (χ1v) is 9.67. The number of methoxy groups -OCH3 is 1. The molecule has 0 fully saturated rings. The summed E-state index contributed by atoms with van der Waals surface area (Å²) in [4.78, 5) is 16.6. The SMILES string of the molecule is COc1cccc(-n2ccnc2SCC(=O)NCc2ccc3c(c2)OCO3)c1. The summed E-state index contributed by atoms with van der Waals surface area (Å²) >= 11 is 1.38. The Balaban J connectivity index is 1.33. The van der Waals surface area contributed by atoms with Gasteiger partial charge in [0.2, 0.25) is 12.7 Å². The minimum absolute atomic E-state index is 0.0668. The van der Waals surface area contributed by atoms with Crippen LogP contribution in [0.3, 0.4) is 0 Å². The monoisotopic (exact) mass is 397 g/mol. The van der Waals surface area contributed by atoms with E-state index in [9.17, 15) is 4.79 Å². The van der Waals surface area contributed by atoms with Crippen LogP contribution >= 0.6 is 11.8 Å². The molecule has 8 heteroatoms. The summed E-state index contributed by atoms with van der Waals surface area (Å²) < 4.78 is 17.8. The fourth-order valence-corrected chi connectivity index (χ4v) is 3.59. The molecule has 1 N–H and O–H groups in total. The van der Waals surface area contributed by atoms with Crippen molar-refractivity contribution in [2.24, 2.45) is 0 Å². The molecule has 2 aromatic carbocycles. The van der Waals surface area contributed by atoms with Gasteiger partial charge in [0.25, 0.3) is 0 Å². The molecule has 1 aromatic heterocycles. The van der Waals surface area contributed by atoms with Crippen molar-refractivity contribution < 1.29 is 19.0 Å². The molecule has 1 aliphatic rings. The third-order valence-electron chi connectivity index (χ3n) is 4.20. The molecule has 1 aliphatic heterocycles. The molecular formula is C20H19N3O4S. The first-order chi connectivity index (χ1) is 13.7. The lowest BCUT2D eigenvalue weighted by Crippen LogP contribution is -2.24. The first kappa shape index (κ1) is 18.2. The van der Waals surface area contributed by atoms with Crippen LogP contribution in [0.5, 0.6) is 17.2 Å². The number of amides is 1. The predicted octanol–water partition coefficient (Wildman–Crippen LogP) is 3.02. The van der Waals surface area contributed by atoms with Crippen molar-refractivity contribution in [2.75, 3.05) is 19.7 Å². The Morgan fingerprint density at radius 1 is 1.25 bits per heavy atom. The van der Waals surface area contributed by atoms with Crippen molar-refractivity contribution in [3.8, 4) is 22.9 Å². The van der Waals surface area contributed by atoms with Crippen LogP contribution in [0.1, 0.15) is 5.56 Å². The maximum Gasteiger partial charge on any atom is 0.231 e. The lowest BCUT2D eigenvalue weighted by atomic mass is 10.2. The van der Waals surface area contributed by atoms with Gasteiger partial charge in [0.1, 0.15) is 5.75 Å².